The van der Waals surface area contributed by atoms with E-state index in [2.05, 4.69) is 17.3 Å². The zero-order valence-corrected chi connectivity index (χ0v) is 9.87. The maximum Gasteiger partial charge on any atom is 0.0785 e. The van der Waals surface area contributed by atoms with Gasteiger partial charge in [-0.3, -0.25) is 4.68 Å². The van der Waals surface area contributed by atoms with Gasteiger partial charge in [0.1, 0.15) is 0 Å². The van der Waals surface area contributed by atoms with Gasteiger partial charge in [-0.25, -0.2) is 0 Å². The summed E-state index contributed by atoms with van der Waals surface area (Å²) in [5.74, 6) is 0. The molecule has 0 spiro atoms. The molecule has 15 heavy (non-hydrogen) atoms. The van der Waals surface area contributed by atoms with E-state index < -0.39 is 0 Å². The molecule has 1 saturated carbocycles. The molecule has 1 N–H and O–H groups in total. The molecule has 2 rings (SSSR count). The lowest BCUT2D eigenvalue weighted by Crippen LogP contribution is -2.18. The zero-order chi connectivity index (χ0) is 10.7. The maximum atomic E-state index is 5.82. The van der Waals surface area contributed by atoms with Crippen molar-refractivity contribution in [3.63, 3.8) is 0 Å². The van der Waals surface area contributed by atoms with E-state index in [0.29, 0.717) is 6.04 Å². The first-order valence-corrected chi connectivity index (χ1v) is 6.06. The van der Waals surface area contributed by atoms with E-state index in [1.807, 2.05) is 10.9 Å². The number of rotatable bonds is 6. The van der Waals surface area contributed by atoms with Crippen LogP contribution in [0.3, 0.4) is 0 Å². The van der Waals surface area contributed by atoms with Crippen LogP contribution in [0.5, 0.6) is 0 Å². The summed E-state index contributed by atoms with van der Waals surface area (Å²) in [6, 6.07) is 1.26. The molecule has 0 aliphatic heterocycles. The molecular formula is C11H18ClN3. The average molecular weight is 228 g/mol. The Morgan fingerprint density at radius 1 is 1.67 bits per heavy atom. The largest absolute Gasteiger partial charge is 0.314 e. The molecule has 3 nitrogen and oxygen atoms in total. The number of hydrogen-bond donors (Lipinski definition) is 1. The lowest BCUT2D eigenvalue weighted by Gasteiger charge is -2.11. The van der Waals surface area contributed by atoms with Gasteiger partial charge in [0, 0.05) is 18.3 Å². The average Bonchev–Trinajstić information content (AvgIpc) is 2.94. The molecule has 0 aromatic carbocycles. The lowest BCUT2D eigenvalue weighted by molar-refractivity contribution is 0.438. The van der Waals surface area contributed by atoms with Crippen LogP contribution in [0.2, 0.25) is 5.02 Å². The summed E-state index contributed by atoms with van der Waals surface area (Å²) in [5, 5.41) is 8.44. The summed E-state index contributed by atoms with van der Waals surface area (Å²) in [6.07, 6.45) is 8.67. The second-order valence-corrected chi connectivity index (χ2v) is 4.79. The second-order valence-electron chi connectivity index (χ2n) is 4.36. The summed E-state index contributed by atoms with van der Waals surface area (Å²) in [4.78, 5) is 0. The van der Waals surface area contributed by atoms with Crippen molar-refractivity contribution in [1.82, 2.24) is 15.1 Å². The molecule has 84 valence electrons. The predicted molar refractivity (Wildman–Crippen MR) is 62.2 cm³/mol. The van der Waals surface area contributed by atoms with Gasteiger partial charge in [0.2, 0.25) is 0 Å². The van der Waals surface area contributed by atoms with Crippen LogP contribution in [-0.4, -0.2) is 22.4 Å². The van der Waals surface area contributed by atoms with E-state index in [1.54, 1.807) is 6.20 Å². The summed E-state index contributed by atoms with van der Waals surface area (Å²) >= 11 is 5.82. The van der Waals surface area contributed by atoms with Crippen molar-refractivity contribution in [3.05, 3.63) is 17.4 Å². The van der Waals surface area contributed by atoms with Crippen molar-refractivity contribution >= 4 is 11.6 Å². The number of nitrogens with one attached hydrogen (secondary N) is 1. The molecule has 1 unspecified atom stereocenters. The number of halogens is 1. The first-order chi connectivity index (χ1) is 7.25. The standard InChI is InChI=1S/C11H18ClN3/c1-9(15-8-10(12)7-14-15)3-2-6-13-11-4-5-11/h7-9,11,13H,2-6H2,1H3. The minimum absolute atomic E-state index is 0.443. The number of aromatic nitrogens is 2. The van der Waals surface area contributed by atoms with Crippen molar-refractivity contribution in [2.45, 2.75) is 44.7 Å². The fourth-order valence-electron chi connectivity index (χ4n) is 1.68. The number of hydrogen-bond acceptors (Lipinski definition) is 2. The summed E-state index contributed by atoms with van der Waals surface area (Å²) in [5.41, 5.74) is 0. The quantitative estimate of drug-likeness (QED) is 0.758. The molecule has 1 aliphatic rings. The van der Waals surface area contributed by atoms with Gasteiger partial charge < -0.3 is 5.32 Å². The Morgan fingerprint density at radius 3 is 3.07 bits per heavy atom. The van der Waals surface area contributed by atoms with E-state index >= 15 is 0 Å². The molecule has 0 bridgehead atoms. The Labute approximate surface area is 95.8 Å². The Hall–Kier alpha value is -0.540. The molecule has 0 saturated heterocycles. The fourth-order valence-corrected chi connectivity index (χ4v) is 1.82. The molecule has 1 aliphatic carbocycles. The topological polar surface area (TPSA) is 29.9 Å². The maximum absolute atomic E-state index is 5.82. The van der Waals surface area contributed by atoms with Crippen molar-refractivity contribution in [3.8, 4) is 0 Å². The van der Waals surface area contributed by atoms with Crippen LogP contribution in [0.4, 0.5) is 0 Å². The third-order valence-electron chi connectivity index (χ3n) is 2.83. The molecule has 1 aromatic heterocycles. The first kappa shape index (κ1) is 11.0. The van der Waals surface area contributed by atoms with Gasteiger partial charge in [-0.1, -0.05) is 11.6 Å². The third-order valence-corrected chi connectivity index (χ3v) is 3.03. The molecule has 0 radical (unpaired) electrons. The Bertz CT molecular complexity index is 307. The highest BCUT2D eigenvalue weighted by Gasteiger charge is 2.19. The monoisotopic (exact) mass is 227 g/mol. The van der Waals surface area contributed by atoms with Gasteiger partial charge in [0.15, 0.2) is 0 Å². The highest BCUT2D eigenvalue weighted by molar-refractivity contribution is 6.30. The Morgan fingerprint density at radius 2 is 2.47 bits per heavy atom. The van der Waals surface area contributed by atoms with Crippen LogP contribution in [0.25, 0.3) is 0 Å². The van der Waals surface area contributed by atoms with Gasteiger partial charge in [-0.2, -0.15) is 5.10 Å². The van der Waals surface area contributed by atoms with Crippen LogP contribution in [0, 0.1) is 0 Å². The molecule has 1 atom stereocenters. The van der Waals surface area contributed by atoms with Crippen molar-refractivity contribution in [2.24, 2.45) is 0 Å². The lowest BCUT2D eigenvalue weighted by atomic mass is 10.2. The smallest absolute Gasteiger partial charge is 0.0785 e. The molecule has 1 heterocycles. The van der Waals surface area contributed by atoms with E-state index in [0.717, 1.165) is 24.0 Å². The molecule has 0 amide bonds. The highest BCUT2D eigenvalue weighted by atomic mass is 35.5. The van der Waals surface area contributed by atoms with Crippen molar-refractivity contribution in [2.75, 3.05) is 6.54 Å². The van der Waals surface area contributed by atoms with Crippen molar-refractivity contribution < 1.29 is 0 Å². The van der Waals surface area contributed by atoms with Crippen molar-refractivity contribution in [1.29, 1.82) is 0 Å². The highest BCUT2D eigenvalue weighted by Crippen LogP contribution is 2.19. The second kappa shape index (κ2) is 4.99. The Kier molecular flexibility index (Phi) is 3.65. The SMILES string of the molecule is CC(CCCNC1CC1)n1cc(Cl)cn1. The van der Waals surface area contributed by atoms with E-state index in [1.165, 1.54) is 19.3 Å². The summed E-state index contributed by atoms with van der Waals surface area (Å²) in [7, 11) is 0. The van der Waals surface area contributed by atoms with E-state index in [-0.39, 0.29) is 0 Å². The first-order valence-electron chi connectivity index (χ1n) is 5.69. The third kappa shape index (κ3) is 3.50. The minimum Gasteiger partial charge on any atom is -0.314 e. The van der Waals surface area contributed by atoms with Crippen LogP contribution >= 0.6 is 11.6 Å². The molecular weight excluding hydrogens is 210 g/mol. The summed E-state index contributed by atoms with van der Waals surface area (Å²) < 4.78 is 1.94. The predicted octanol–water partition coefficient (Wildman–Crippen LogP) is 2.63. The molecule has 4 heteroatoms. The van der Waals surface area contributed by atoms with Gasteiger partial charge in [0.25, 0.3) is 0 Å². The van der Waals surface area contributed by atoms with E-state index in [9.17, 15) is 0 Å². The van der Waals surface area contributed by atoms with Crippen LogP contribution in [0.15, 0.2) is 12.4 Å². The van der Waals surface area contributed by atoms with Crippen LogP contribution < -0.4 is 5.32 Å². The zero-order valence-electron chi connectivity index (χ0n) is 9.12. The minimum atomic E-state index is 0.443. The van der Waals surface area contributed by atoms with Crippen LogP contribution in [-0.2, 0) is 0 Å². The van der Waals surface area contributed by atoms with E-state index in [4.69, 9.17) is 11.6 Å². The Balaban J connectivity index is 1.64. The van der Waals surface area contributed by atoms with Gasteiger partial charge >= 0.3 is 0 Å². The normalized spacial score (nSPS) is 18.0. The van der Waals surface area contributed by atoms with Gasteiger partial charge in [-0.05, 0) is 39.2 Å². The fraction of sp³-hybridized carbons (Fsp3) is 0.727. The van der Waals surface area contributed by atoms with Gasteiger partial charge in [-0.15, -0.1) is 0 Å². The van der Waals surface area contributed by atoms with Crippen LogP contribution in [0.1, 0.15) is 38.6 Å². The molecule has 1 fully saturated rings. The molecule has 1 aromatic rings. The summed E-state index contributed by atoms with van der Waals surface area (Å²) in [6.45, 7) is 3.31. The number of nitrogens with zero attached hydrogens (tertiary/aromatic N) is 2. The van der Waals surface area contributed by atoms with Gasteiger partial charge in [0.05, 0.1) is 11.2 Å².